The first kappa shape index (κ1) is 23.8. The van der Waals surface area contributed by atoms with E-state index in [0.717, 1.165) is 12.1 Å². The van der Waals surface area contributed by atoms with Crippen LogP contribution in [0.3, 0.4) is 0 Å². The molecule has 0 radical (unpaired) electrons. The molecule has 0 aliphatic heterocycles. The quantitative estimate of drug-likeness (QED) is 0.499. The maximum Gasteiger partial charge on any atom is 0.416 e. The number of anilines is 2. The number of nitrogens with zero attached hydrogens (tertiary/aromatic N) is 2. The lowest BCUT2D eigenvalue weighted by Gasteiger charge is -2.11. The molecular weight excluding hydrogens is 441 g/mol. The molecule has 2 aromatic carbocycles. The van der Waals surface area contributed by atoms with E-state index in [0.29, 0.717) is 17.1 Å². The highest BCUT2D eigenvalue weighted by Gasteiger charge is 2.30. The van der Waals surface area contributed by atoms with E-state index in [1.54, 1.807) is 25.1 Å². The maximum atomic E-state index is 13.0. The van der Waals surface area contributed by atoms with Gasteiger partial charge in [-0.05, 0) is 43.3 Å². The number of nitrogens with one attached hydrogen (secondary N) is 2. The summed E-state index contributed by atoms with van der Waals surface area (Å²) in [4.78, 5) is 24.5. The Kier molecular flexibility index (Phi) is 7.34. The molecule has 8 nitrogen and oxygen atoms in total. The van der Waals surface area contributed by atoms with E-state index >= 15 is 0 Å². The second kappa shape index (κ2) is 10.2. The van der Waals surface area contributed by atoms with Gasteiger partial charge in [-0.1, -0.05) is 12.1 Å². The lowest BCUT2D eigenvalue weighted by atomic mass is 10.2. The van der Waals surface area contributed by atoms with Crippen LogP contribution in [0.4, 0.5) is 29.3 Å². The summed E-state index contributed by atoms with van der Waals surface area (Å²) >= 11 is 0. The molecule has 3 aromatic rings. The lowest BCUT2D eigenvalue weighted by molar-refractivity contribution is -0.137. The number of aromatic nitrogens is 2. The molecule has 0 bridgehead atoms. The Morgan fingerprint density at radius 1 is 1.03 bits per heavy atom. The van der Waals surface area contributed by atoms with Crippen molar-refractivity contribution in [2.75, 3.05) is 31.0 Å². The Morgan fingerprint density at radius 3 is 2.42 bits per heavy atom. The van der Waals surface area contributed by atoms with E-state index in [2.05, 4.69) is 15.7 Å². The van der Waals surface area contributed by atoms with Gasteiger partial charge in [0.05, 0.1) is 35.3 Å². The van der Waals surface area contributed by atoms with Crippen LogP contribution in [0.15, 0.2) is 54.7 Å². The zero-order valence-electron chi connectivity index (χ0n) is 17.8. The third kappa shape index (κ3) is 6.10. The van der Waals surface area contributed by atoms with E-state index < -0.39 is 23.7 Å². The van der Waals surface area contributed by atoms with Crippen molar-refractivity contribution in [3.05, 3.63) is 71.5 Å². The van der Waals surface area contributed by atoms with Gasteiger partial charge in [-0.3, -0.25) is 10.1 Å². The van der Waals surface area contributed by atoms with Gasteiger partial charge in [0.25, 0.3) is 5.91 Å². The predicted molar refractivity (Wildman–Crippen MR) is 115 cm³/mol. The minimum absolute atomic E-state index is 0.0912. The van der Waals surface area contributed by atoms with Crippen LogP contribution in [0, 0.1) is 6.92 Å². The fraction of sp³-hybridized carbons (Fsp3) is 0.227. The first-order valence-corrected chi connectivity index (χ1v) is 9.75. The standard InChI is InChI=1S/C22H21F3N4O4/c1-14-19(13-26-29(14)18-8-3-5-15(11-18)22(23,24)25)20(30)27-16-6-4-7-17(12-16)28-21(31)33-10-9-32-2/h3-8,11-13H,9-10H2,1-2H3,(H,27,30)(H,28,31). The van der Waals surface area contributed by atoms with E-state index in [4.69, 9.17) is 9.47 Å². The van der Waals surface area contributed by atoms with Crippen LogP contribution in [0.1, 0.15) is 21.6 Å². The van der Waals surface area contributed by atoms with Crippen molar-refractivity contribution in [1.82, 2.24) is 9.78 Å². The molecule has 0 spiro atoms. The summed E-state index contributed by atoms with van der Waals surface area (Å²) in [6.07, 6.45) is -3.89. The largest absolute Gasteiger partial charge is 0.447 e. The summed E-state index contributed by atoms with van der Waals surface area (Å²) in [5, 5.41) is 9.28. The minimum atomic E-state index is -4.49. The molecule has 174 valence electrons. The third-order valence-electron chi connectivity index (χ3n) is 4.56. The van der Waals surface area contributed by atoms with E-state index in [1.807, 2.05) is 0 Å². The molecule has 2 amide bonds. The molecule has 33 heavy (non-hydrogen) atoms. The average molecular weight is 462 g/mol. The normalized spacial score (nSPS) is 11.2. The molecule has 0 atom stereocenters. The van der Waals surface area contributed by atoms with Gasteiger partial charge in [0.2, 0.25) is 0 Å². The van der Waals surface area contributed by atoms with Crippen LogP contribution in [-0.4, -0.2) is 42.1 Å². The van der Waals surface area contributed by atoms with Crippen molar-refractivity contribution in [1.29, 1.82) is 0 Å². The number of hydrogen-bond donors (Lipinski definition) is 2. The number of carbonyl (C=O) groups excluding carboxylic acids is 2. The Hall–Kier alpha value is -3.86. The number of benzene rings is 2. The third-order valence-corrected chi connectivity index (χ3v) is 4.56. The number of rotatable bonds is 7. The average Bonchev–Trinajstić information content (AvgIpc) is 3.15. The van der Waals surface area contributed by atoms with E-state index in [-0.39, 0.29) is 24.5 Å². The molecular formula is C22H21F3N4O4. The topological polar surface area (TPSA) is 94.5 Å². The Balaban J connectivity index is 1.72. The molecule has 2 N–H and O–H groups in total. The number of halogens is 3. The first-order chi connectivity index (χ1) is 15.7. The van der Waals surface area contributed by atoms with Gasteiger partial charge in [0, 0.05) is 18.5 Å². The summed E-state index contributed by atoms with van der Waals surface area (Å²) < 4.78 is 50.0. The highest BCUT2D eigenvalue weighted by atomic mass is 19.4. The minimum Gasteiger partial charge on any atom is -0.447 e. The number of alkyl halides is 3. The second-order valence-corrected chi connectivity index (χ2v) is 6.89. The zero-order chi connectivity index (χ0) is 24.0. The van der Waals surface area contributed by atoms with Crippen LogP contribution >= 0.6 is 0 Å². The monoisotopic (exact) mass is 462 g/mol. The number of carbonyl (C=O) groups is 2. The second-order valence-electron chi connectivity index (χ2n) is 6.89. The molecule has 11 heteroatoms. The van der Waals surface area contributed by atoms with Crippen LogP contribution in [0.5, 0.6) is 0 Å². The van der Waals surface area contributed by atoms with Crippen LogP contribution < -0.4 is 10.6 Å². The Bertz CT molecular complexity index is 1140. The SMILES string of the molecule is COCCOC(=O)Nc1cccc(NC(=O)c2cnn(-c3cccc(C(F)(F)F)c3)c2C)c1. The molecule has 0 saturated heterocycles. The van der Waals surface area contributed by atoms with Gasteiger partial charge in [0.15, 0.2) is 0 Å². The molecule has 1 aromatic heterocycles. The fourth-order valence-electron chi connectivity index (χ4n) is 2.95. The van der Waals surface area contributed by atoms with Crippen LogP contribution in [-0.2, 0) is 15.7 Å². The zero-order valence-corrected chi connectivity index (χ0v) is 17.8. The Morgan fingerprint density at radius 2 is 1.73 bits per heavy atom. The number of amides is 2. The Labute approximate surface area is 187 Å². The summed E-state index contributed by atoms with van der Waals surface area (Å²) in [6, 6.07) is 11.1. The molecule has 3 rings (SSSR count). The fourth-order valence-corrected chi connectivity index (χ4v) is 2.95. The number of ether oxygens (including phenoxy) is 2. The van der Waals surface area contributed by atoms with Crippen molar-refractivity contribution in [2.45, 2.75) is 13.1 Å². The molecule has 0 saturated carbocycles. The van der Waals surface area contributed by atoms with Crippen LogP contribution in [0.2, 0.25) is 0 Å². The first-order valence-electron chi connectivity index (χ1n) is 9.75. The summed E-state index contributed by atoms with van der Waals surface area (Å²) in [6.45, 7) is 1.93. The summed E-state index contributed by atoms with van der Waals surface area (Å²) in [5.41, 5.74) is 0.700. The van der Waals surface area contributed by atoms with E-state index in [1.165, 1.54) is 36.2 Å². The van der Waals surface area contributed by atoms with Crippen LogP contribution in [0.25, 0.3) is 5.69 Å². The van der Waals surface area contributed by atoms with Gasteiger partial charge in [-0.2, -0.15) is 18.3 Å². The van der Waals surface area contributed by atoms with Gasteiger partial charge in [-0.15, -0.1) is 0 Å². The molecule has 0 unspecified atom stereocenters. The number of hydrogen-bond acceptors (Lipinski definition) is 5. The summed E-state index contributed by atoms with van der Waals surface area (Å²) in [5.74, 6) is -0.509. The van der Waals surface area contributed by atoms with Crippen molar-refractivity contribution >= 4 is 23.4 Å². The van der Waals surface area contributed by atoms with Crippen molar-refractivity contribution in [3.63, 3.8) is 0 Å². The highest BCUT2D eigenvalue weighted by Crippen LogP contribution is 2.30. The van der Waals surface area contributed by atoms with Gasteiger partial charge in [0.1, 0.15) is 6.61 Å². The lowest BCUT2D eigenvalue weighted by Crippen LogP contribution is -2.17. The van der Waals surface area contributed by atoms with Gasteiger partial charge in [-0.25, -0.2) is 9.48 Å². The number of methoxy groups -OCH3 is 1. The van der Waals surface area contributed by atoms with Crippen molar-refractivity contribution < 1.29 is 32.2 Å². The highest BCUT2D eigenvalue weighted by molar-refractivity contribution is 6.05. The van der Waals surface area contributed by atoms with Crippen molar-refractivity contribution in [2.24, 2.45) is 0 Å². The van der Waals surface area contributed by atoms with E-state index in [9.17, 15) is 22.8 Å². The molecule has 0 fully saturated rings. The van der Waals surface area contributed by atoms with Crippen molar-refractivity contribution in [3.8, 4) is 5.69 Å². The van der Waals surface area contributed by atoms with Gasteiger partial charge >= 0.3 is 12.3 Å². The molecule has 1 heterocycles. The van der Waals surface area contributed by atoms with Gasteiger partial charge < -0.3 is 14.8 Å². The smallest absolute Gasteiger partial charge is 0.416 e. The summed E-state index contributed by atoms with van der Waals surface area (Å²) in [7, 11) is 1.48. The molecule has 0 aliphatic rings. The molecule has 0 aliphatic carbocycles. The maximum absolute atomic E-state index is 13.0. The predicted octanol–water partition coefficient (Wildman–Crippen LogP) is 4.65.